The van der Waals surface area contributed by atoms with Crippen LogP contribution in [0.3, 0.4) is 0 Å². The van der Waals surface area contributed by atoms with E-state index in [4.69, 9.17) is 4.74 Å². The van der Waals surface area contributed by atoms with Gasteiger partial charge in [-0.15, -0.1) is 6.58 Å². The third kappa shape index (κ3) is 4.06. The quantitative estimate of drug-likeness (QED) is 0.571. The molecule has 0 unspecified atom stereocenters. The van der Waals surface area contributed by atoms with Crippen molar-refractivity contribution in [1.82, 2.24) is 0 Å². The van der Waals surface area contributed by atoms with Gasteiger partial charge < -0.3 is 4.74 Å². The Bertz CT molecular complexity index is 575. The van der Waals surface area contributed by atoms with E-state index < -0.39 is 0 Å². The molecule has 2 rings (SSSR count). The highest BCUT2D eigenvalue weighted by Crippen LogP contribution is 2.24. The molecule has 0 aromatic heterocycles. The highest BCUT2D eigenvalue weighted by atomic mass is 16.5. The molecule has 2 aromatic rings. The van der Waals surface area contributed by atoms with Crippen LogP contribution in [-0.2, 0) is 4.74 Å². The number of hydrogen-bond donors (Lipinski definition) is 0. The van der Waals surface area contributed by atoms with E-state index >= 15 is 0 Å². The fourth-order valence-electron chi connectivity index (χ4n) is 2.27. The highest BCUT2D eigenvalue weighted by molar-refractivity contribution is 5.89. The van der Waals surface area contributed by atoms with Crippen LogP contribution < -0.4 is 0 Å². The van der Waals surface area contributed by atoms with Crippen molar-refractivity contribution in [2.24, 2.45) is 0 Å². The maximum Gasteiger partial charge on any atom is 0.338 e. The summed E-state index contributed by atoms with van der Waals surface area (Å²) in [5.74, 6) is -0.165. The molecule has 0 fully saturated rings. The molecule has 2 atom stereocenters. The van der Waals surface area contributed by atoms with E-state index in [1.165, 1.54) is 0 Å². The van der Waals surface area contributed by atoms with Crippen LogP contribution in [0.25, 0.3) is 0 Å². The van der Waals surface area contributed by atoms with E-state index in [2.05, 4.69) is 25.6 Å². The zero-order valence-corrected chi connectivity index (χ0v) is 12.2. The fourth-order valence-corrected chi connectivity index (χ4v) is 2.27. The largest absolute Gasteiger partial charge is 0.458 e. The van der Waals surface area contributed by atoms with E-state index in [0.717, 1.165) is 5.56 Å². The summed E-state index contributed by atoms with van der Waals surface area (Å²) >= 11 is 0. The van der Waals surface area contributed by atoms with E-state index in [-0.39, 0.29) is 18.0 Å². The second-order valence-corrected chi connectivity index (χ2v) is 5.03. The predicted octanol–water partition coefficient (Wildman–Crippen LogP) is 4.59. The second-order valence-electron chi connectivity index (χ2n) is 5.03. The first-order valence-corrected chi connectivity index (χ1v) is 7.14. The van der Waals surface area contributed by atoms with Crippen molar-refractivity contribution in [1.29, 1.82) is 0 Å². The Hall–Kier alpha value is -2.35. The Labute approximate surface area is 126 Å². The monoisotopic (exact) mass is 280 g/mol. The van der Waals surface area contributed by atoms with Gasteiger partial charge in [-0.25, -0.2) is 4.79 Å². The number of ether oxygens (including phenoxy) is 1. The van der Waals surface area contributed by atoms with Gasteiger partial charge in [0.05, 0.1) is 5.56 Å². The third-order valence-electron chi connectivity index (χ3n) is 3.55. The lowest BCUT2D eigenvalue weighted by Gasteiger charge is -2.23. The molecule has 0 heterocycles. The van der Waals surface area contributed by atoms with Crippen molar-refractivity contribution < 1.29 is 9.53 Å². The van der Waals surface area contributed by atoms with Crippen molar-refractivity contribution >= 4 is 5.97 Å². The maximum absolute atomic E-state index is 12.2. The summed E-state index contributed by atoms with van der Waals surface area (Å²) in [4.78, 5) is 12.2. The van der Waals surface area contributed by atoms with Gasteiger partial charge in [0.2, 0.25) is 0 Å². The molecule has 0 saturated heterocycles. The summed E-state index contributed by atoms with van der Waals surface area (Å²) in [7, 11) is 0. The molecule has 0 saturated carbocycles. The number of benzene rings is 2. The SMILES string of the molecule is C=CC[C@@H](OC(=O)c1ccccc1)[C@H](C)c1ccccc1. The summed E-state index contributed by atoms with van der Waals surface area (Å²) < 4.78 is 5.68. The smallest absolute Gasteiger partial charge is 0.338 e. The Kier molecular flexibility index (Phi) is 5.33. The number of carbonyl (C=O) groups excluding carboxylic acids is 1. The van der Waals surface area contributed by atoms with E-state index in [9.17, 15) is 4.79 Å². The molecule has 21 heavy (non-hydrogen) atoms. The van der Waals surface area contributed by atoms with Gasteiger partial charge in [-0.05, 0) is 17.7 Å². The molecular weight excluding hydrogens is 260 g/mol. The number of esters is 1. The van der Waals surface area contributed by atoms with Gasteiger partial charge in [-0.2, -0.15) is 0 Å². The molecule has 0 aliphatic carbocycles. The predicted molar refractivity (Wildman–Crippen MR) is 85.3 cm³/mol. The van der Waals surface area contributed by atoms with Gasteiger partial charge in [0.25, 0.3) is 0 Å². The minimum absolute atomic E-state index is 0.122. The molecule has 0 aliphatic rings. The van der Waals surface area contributed by atoms with Crippen LogP contribution in [0.4, 0.5) is 0 Å². The molecule has 0 radical (unpaired) electrons. The van der Waals surface area contributed by atoms with Crippen LogP contribution in [0.1, 0.15) is 35.2 Å². The van der Waals surface area contributed by atoms with E-state index in [1.807, 2.05) is 36.4 Å². The van der Waals surface area contributed by atoms with Crippen molar-refractivity contribution in [3.63, 3.8) is 0 Å². The Morgan fingerprint density at radius 3 is 2.24 bits per heavy atom. The molecule has 0 bridgehead atoms. The first-order chi connectivity index (χ1) is 10.2. The lowest BCUT2D eigenvalue weighted by atomic mass is 9.93. The molecule has 0 spiro atoms. The van der Waals surface area contributed by atoms with Crippen molar-refractivity contribution in [2.75, 3.05) is 0 Å². The third-order valence-corrected chi connectivity index (χ3v) is 3.55. The molecule has 2 aromatic carbocycles. The lowest BCUT2D eigenvalue weighted by molar-refractivity contribution is 0.0254. The number of rotatable bonds is 6. The summed E-state index contributed by atoms with van der Waals surface area (Å²) in [6, 6.07) is 19.2. The average Bonchev–Trinajstić information content (AvgIpc) is 2.55. The Morgan fingerprint density at radius 2 is 1.67 bits per heavy atom. The normalized spacial score (nSPS) is 13.2. The van der Waals surface area contributed by atoms with Gasteiger partial charge >= 0.3 is 5.97 Å². The van der Waals surface area contributed by atoms with E-state index in [1.54, 1.807) is 18.2 Å². The van der Waals surface area contributed by atoms with Crippen LogP contribution in [0.5, 0.6) is 0 Å². The standard InChI is InChI=1S/C19H20O2/c1-3-10-18(15(2)16-11-6-4-7-12-16)21-19(20)17-13-8-5-9-14-17/h3-9,11-15,18H,1,10H2,2H3/t15-,18-/m1/s1. The zero-order chi connectivity index (χ0) is 15.1. The van der Waals surface area contributed by atoms with Crippen LogP contribution in [0, 0.1) is 0 Å². The molecular formula is C19H20O2. The van der Waals surface area contributed by atoms with Crippen LogP contribution in [0.2, 0.25) is 0 Å². The Balaban J connectivity index is 2.12. The molecule has 0 amide bonds. The first-order valence-electron chi connectivity index (χ1n) is 7.14. The molecule has 2 heteroatoms. The lowest BCUT2D eigenvalue weighted by Crippen LogP contribution is -2.23. The molecule has 2 nitrogen and oxygen atoms in total. The number of hydrogen-bond acceptors (Lipinski definition) is 2. The summed E-state index contributed by atoms with van der Waals surface area (Å²) in [5.41, 5.74) is 1.73. The van der Waals surface area contributed by atoms with Crippen molar-refractivity contribution in [3.05, 3.63) is 84.4 Å². The van der Waals surface area contributed by atoms with Crippen LogP contribution >= 0.6 is 0 Å². The fraction of sp³-hybridized carbons (Fsp3) is 0.211. The van der Waals surface area contributed by atoms with Crippen LogP contribution in [0.15, 0.2) is 73.3 Å². The minimum Gasteiger partial charge on any atom is -0.458 e. The van der Waals surface area contributed by atoms with E-state index in [0.29, 0.717) is 12.0 Å². The topological polar surface area (TPSA) is 26.3 Å². The first kappa shape index (κ1) is 15.0. The summed E-state index contributed by atoms with van der Waals surface area (Å²) in [6.07, 6.45) is 2.22. The van der Waals surface area contributed by atoms with Gasteiger partial charge in [0.1, 0.15) is 6.10 Å². The summed E-state index contributed by atoms with van der Waals surface area (Å²) in [6.45, 7) is 5.84. The second kappa shape index (κ2) is 7.44. The van der Waals surface area contributed by atoms with Crippen molar-refractivity contribution in [3.8, 4) is 0 Å². The Morgan fingerprint density at radius 1 is 1.10 bits per heavy atom. The average molecular weight is 280 g/mol. The molecule has 108 valence electrons. The molecule has 0 aliphatic heterocycles. The minimum atomic E-state index is -0.287. The van der Waals surface area contributed by atoms with Crippen molar-refractivity contribution in [2.45, 2.75) is 25.4 Å². The van der Waals surface area contributed by atoms with Gasteiger partial charge in [-0.1, -0.05) is 61.5 Å². The highest BCUT2D eigenvalue weighted by Gasteiger charge is 2.22. The maximum atomic E-state index is 12.2. The van der Waals surface area contributed by atoms with Gasteiger partial charge in [0, 0.05) is 12.3 Å². The zero-order valence-electron chi connectivity index (χ0n) is 12.2. The molecule has 0 N–H and O–H groups in total. The summed E-state index contributed by atoms with van der Waals surface area (Å²) in [5, 5.41) is 0. The number of carbonyl (C=O) groups is 1. The van der Waals surface area contributed by atoms with Gasteiger partial charge in [-0.3, -0.25) is 0 Å². The van der Waals surface area contributed by atoms with Gasteiger partial charge in [0.15, 0.2) is 0 Å². The van der Waals surface area contributed by atoms with Crippen LogP contribution in [-0.4, -0.2) is 12.1 Å².